The van der Waals surface area contributed by atoms with Crippen LogP contribution in [0.5, 0.6) is 0 Å². The molecule has 0 spiro atoms. The first-order valence-corrected chi connectivity index (χ1v) is 8.17. The molecule has 1 aliphatic heterocycles. The molecule has 1 heterocycles. The first-order chi connectivity index (χ1) is 11.3. The van der Waals surface area contributed by atoms with Crippen LogP contribution in [-0.2, 0) is 6.42 Å². The molecule has 2 amide bonds. The Balaban J connectivity index is 1.77. The Morgan fingerprint density at radius 1 is 0.958 bits per heavy atom. The molecule has 0 aromatic heterocycles. The van der Waals surface area contributed by atoms with Gasteiger partial charge in [0.2, 0.25) is 0 Å². The normalized spacial score (nSPS) is 13.5. The average molecular weight is 322 g/mol. The number of rotatable bonds is 2. The Morgan fingerprint density at radius 2 is 1.58 bits per heavy atom. The molecule has 124 valence electrons. The number of carbonyl (C=O) groups is 2. The quantitative estimate of drug-likeness (QED) is 0.921. The molecule has 0 aliphatic carbocycles. The zero-order chi connectivity index (χ0) is 17.3. The maximum absolute atomic E-state index is 12.7. The standard InChI is InChI=1S/C20H22N2O2/c1-20(2,3)21-18(23)15-8-10-16(11-9-15)19(24)22-13-12-14-6-4-5-7-17(14)22/h4-11H,12-13H2,1-3H3,(H,21,23). The summed E-state index contributed by atoms with van der Waals surface area (Å²) in [5.74, 6) is -0.157. The lowest BCUT2D eigenvalue weighted by Crippen LogP contribution is -2.40. The van der Waals surface area contributed by atoms with Crippen molar-refractivity contribution in [2.45, 2.75) is 32.7 Å². The molecule has 2 aromatic carbocycles. The van der Waals surface area contributed by atoms with Gasteiger partial charge >= 0.3 is 0 Å². The van der Waals surface area contributed by atoms with Crippen molar-refractivity contribution in [2.24, 2.45) is 0 Å². The van der Waals surface area contributed by atoms with Crippen molar-refractivity contribution in [3.8, 4) is 0 Å². The van der Waals surface area contributed by atoms with Crippen LogP contribution in [0.15, 0.2) is 48.5 Å². The predicted molar refractivity (Wildman–Crippen MR) is 95.5 cm³/mol. The number of amides is 2. The van der Waals surface area contributed by atoms with Gasteiger partial charge < -0.3 is 10.2 Å². The van der Waals surface area contributed by atoms with E-state index in [4.69, 9.17) is 0 Å². The fourth-order valence-electron chi connectivity index (χ4n) is 2.88. The van der Waals surface area contributed by atoms with Crippen LogP contribution in [0.3, 0.4) is 0 Å². The minimum Gasteiger partial charge on any atom is -0.347 e. The molecule has 0 radical (unpaired) electrons. The largest absolute Gasteiger partial charge is 0.347 e. The highest BCUT2D eigenvalue weighted by Gasteiger charge is 2.25. The number of fused-ring (bicyclic) bond motifs is 1. The third-order valence-electron chi connectivity index (χ3n) is 4.01. The van der Waals surface area contributed by atoms with Crippen LogP contribution >= 0.6 is 0 Å². The predicted octanol–water partition coefficient (Wildman–Crippen LogP) is 3.42. The summed E-state index contributed by atoms with van der Waals surface area (Å²) in [6.45, 7) is 6.51. The first kappa shape index (κ1) is 16.2. The number of nitrogens with zero attached hydrogens (tertiary/aromatic N) is 1. The minimum absolute atomic E-state index is 0.0253. The van der Waals surface area contributed by atoms with E-state index in [1.54, 1.807) is 29.2 Å². The second kappa shape index (κ2) is 6.11. The van der Waals surface area contributed by atoms with E-state index in [2.05, 4.69) is 11.4 Å². The average Bonchev–Trinajstić information content (AvgIpc) is 2.97. The Labute approximate surface area is 142 Å². The second-order valence-electron chi connectivity index (χ2n) is 7.12. The molecule has 4 heteroatoms. The van der Waals surface area contributed by atoms with E-state index in [1.807, 2.05) is 39.0 Å². The van der Waals surface area contributed by atoms with E-state index in [1.165, 1.54) is 5.56 Å². The van der Waals surface area contributed by atoms with Crippen molar-refractivity contribution < 1.29 is 9.59 Å². The highest BCUT2D eigenvalue weighted by Crippen LogP contribution is 2.28. The van der Waals surface area contributed by atoms with Gasteiger partial charge in [0.1, 0.15) is 0 Å². The Kier molecular flexibility index (Phi) is 4.14. The number of carbonyl (C=O) groups excluding carboxylic acids is 2. The molecule has 0 bridgehead atoms. The van der Waals surface area contributed by atoms with Gasteiger partial charge in [0, 0.05) is 28.9 Å². The Morgan fingerprint density at radius 3 is 2.25 bits per heavy atom. The first-order valence-electron chi connectivity index (χ1n) is 8.17. The molecule has 0 atom stereocenters. The Bertz CT molecular complexity index is 773. The summed E-state index contributed by atoms with van der Waals surface area (Å²) < 4.78 is 0. The number of hydrogen-bond acceptors (Lipinski definition) is 2. The van der Waals surface area contributed by atoms with E-state index < -0.39 is 0 Å². The molecule has 0 unspecified atom stereocenters. The molecule has 0 fully saturated rings. The van der Waals surface area contributed by atoms with Crippen LogP contribution in [0, 0.1) is 0 Å². The fraction of sp³-hybridized carbons (Fsp3) is 0.300. The Hall–Kier alpha value is -2.62. The van der Waals surface area contributed by atoms with E-state index in [9.17, 15) is 9.59 Å². The third-order valence-corrected chi connectivity index (χ3v) is 4.01. The lowest BCUT2D eigenvalue weighted by molar-refractivity contribution is 0.0917. The van der Waals surface area contributed by atoms with Crippen LogP contribution in [0.2, 0.25) is 0 Å². The monoisotopic (exact) mass is 322 g/mol. The van der Waals surface area contributed by atoms with Crippen LogP contribution in [0.1, 0.15) is 47.1 Å². The molecular formula is C20H22N2O2. The molecule has 2 aromatic rings. The van der Waals surface area contributed by atoms with Crippen molar-refractivity contribution in [2.75, 3.05) is 11.4 Å². The lowest BCUT2D eigenvalue weighted by atomic mass is 10.1. The van der Waals surface area contributed by atoms with E-state index in [0.29, 0.717) is 17.7 Å². The van der Waals surface area contributed by atoms with Crippen molar-refractivity contribution in [1.29, 1.82) is 0 Å². The van der Waals surface area contributed by atoms with E-state index in [0.717, 1.165) is 12.1 Å². The molecule has 4 nitrogen and oxygen atoms in total. The van der Waals surface area contributed by atoms with Gasteiger partial charge in [0.05, 0.1) is 0 Å². The molecule has 24 heavy (non-hydrogen) atoms. The molecule has 0 saturated heterocycles. The molecule has 3 rings (SSSR count). The number of benzene rings is 2. The van der Waals surface area contributed by atoms with E-state index >= 15 is 0 Å². The molecule has 1 N–H and O–H groups in total. The third kappa shape index (κ3) is 3.32. The summed E-state index contributed by atoms with van der Waals surface area (Å²) >= 11 is 0. The van der Waals surface area contributed by atoms with Gasteiger partial charge in [-0.25, -0.2) is 0 Å². The van der Waals surface area contributed by atoms with Crippen LogP contribution in [-0.4, -0.2) is 23.9 Å². The van der Waals surface area contributed by atoms with Crippen LogP contribution < -0.4 is 10.2 Å². The highest BCUT2D eigenvalue weighted by atomic mass is 16.2. The van der Waals surface area contributed by atoms with Gasteiger partial charge in [-0.05, 0) is 63.1 Å². The zero-order valence-electron chi connectivity index (χ0n) is 14.3. The van der Waals surface area contributed by atoms with Gasteiger partial charge in [-0.1, -0.05) is 18.2 Å². The number of nitrogens with one attached hydrogen (secondary N) is 1. The summed E-state index contributed by atoms with van der Waals surface area (Å²) in [6.07, 6.45) is 0.883. The number of para-hydroxylation sites is 1. The number of hydrogen-bond donors (Lipinski definition) is 1. The molecule has 0 saturated carbocycles. The molecule has 1 aliphatic rings. The minimum atomic E-state index is -0.287. The molecular weight excluding hydrogens is 300 g/mol. The smallest absolute Gasteiger partial charge is 0.258 e. The topological polar surface area (TPSA) is 49.4 Å². The van der Waals surface area contributed by atoms with Crippen molar-refractivity contribution in [1.82, 2.24) is 5.32 Å². The van der Waals surface area contributed by atoms with Crippen molar-refractivity contribution in [3.63, 3.8) is 0 Å². The van der Waals surface area contributed by atoms with Crippen LogP contribution in [0.25, 0.3) is 0 Å². The second-order valence-corrected chi connectivity index (χ2v) is 7.12. The zero-order valence-corrected chi connectivity index (χ0v) is 14.3. The lowest BCUT2D eigenvalue weighted by Gasteiger charge is -2.21. The van der Waals surface area contributed by atoms with Crippen molar-refractivity contribution >= 4 is 17.5 Å². The van der Waals surface area contributed by atoms with Crippen molar-refractivity contribution in [3.05, 3.63) is 65.2 Å². The van der Waals surface area contributed by atoms with E-state index in [-0.39, 0.29) is 17.4 Å². The summed E-state index contributed by atoms with van der Waals surface area (Å²) in [4.78, 5) is 26.7. The van der Waals surface area contributed by atoms with Gasteiger partial charge in [-0.3, -0.25) is 9.59 Å². The number of anilines is 1. The van der Waals surface area contributed by atoms with Gasteiger partial charge in [0.15, 0.2) is 0 Å². The summed E-state index contributed by atoms with van der Waals surface area (Å²) in [6, 6.07) is 14.8. The van der Waals surface area contributed by atoms with Gasteiger partial charge in [-0.15, -0.1) is 0 Å². The van der Waals surface area contributed by atoms with Gasteiger partial charge in [-0.2, -0.15) is 0 Å². The summed E-state index contributed by atoms with van der Waals surface area (Å²) in [7, 11) is 0. The highest BCUT2D eigenvalue weighted by molar-refractivity contribution is 6.07. The maximum atomic E-state index is 12.7. The fourth-order valence-corrected chi connectivity index (χ4v) is 2.88. The summed E-state index contributed by atoms with van der Waals surface area (Å²) in [5.41, 5.74) is 3.05. The SMILES string of the molecule is CC(C)(C)NC(=O)c1ccc(C(=O)N2CCc3ccccc32)cc1. The maximum Gasteiger partial charge on any atom is 0.258 e. The van der Waals surface area contributed by atoms with Crippen LogP contribution in [0.4, 0.5) is 5.69 Å². The summed E-state index contributed by atoms with van der Waals surface area (Å²) in [5, 5.41) is 2.92. The van der Waals surface area contributed by atoms with Gasteiger partial charge in [0.25, 0.3) is 11.8 Å².